The van der Waals surface area contributed by atoms with E-state index in [0.29, 0.717) is 19.4 Å². The van der Waals surface area contributed by atoms with Gasteiger partial charge in [0.1, 0.15) is 7.11 Å². The smallest absolute Gasteiger partial charge is 0.307 e. The van der Waals surface area contributed by atoms with Crippen LogP contribution in [0.1, 0.15) is 31.2 Å². The summed E-state index contributed by atoms with van der Waals surface area (Å²) in [6.07, 6.45) is 4.03. The van der Waals surface area contributed by atoms with Crippen LogP contribution in [0.3, 0.4) is 0 Å². The first kappa shape index (κ1) is 16.0. The van der Waals surface area contributed by atoms with Crippen LogP contribution in [0.25, 0.3) is 0 Å². The third-order valence-corrected chi connectivity index (χ3v) is 5.50. The maximum atomic E-state index is 11.7. The number of nitrogens with zero attached hydrogens (tertiary/aromatic N) is 1. The zero-order chi connectivity index (χ0) is 16.5. The van der Waals surface area contributed by atoms with E-state index in [0.717, 1.165) is 30.5 Å². The molecule has 0 amide bonds. The van der Waals surface area contributed by atoms with Gasteiger partial charge in [-0.2, -0.15) is 0 Å². The Morgan fingerprint density at radius 2 is 2.00 bits per heavy atom. The molecule has 0 spiro atoms. The summed E-state index contributed by atoms with van der Waals surface area (Å²) in [5, 5.41) is 13.8. The average molecular weight is 316 g/mol. The molecule has 0 aromatic heterocycles. The Balaban J connectivity index is 1.71. The quantitative estimate of drug-likeness (QED) is 0.570. The third-order valence-electron chi connectivity index (χ3n) is 5.50. The number of carboxylic acid groups (broad SMARTS) is 1. The molecular formula is C18H24N2O3. The van der Waals surface area contributed by atoms with Gasteiger partial charge in [-0.25, -0.2) is 0 Å². The molecule has 1 aromatic rings. The van der Waals surface area contributed by atoms with Crippen LogP contribution in [0, 0.1) is 16.7 Å². The van der Waals surface area contributed by atoms with Gasteiger partial charge >= 0.3 is 5.97 Å². The number of nitrogens with two attached hydrogens (primary N) is 1. The highest BCUT2D eigenvalue weighted by atomic mass is 16.6. The van der Waals surface area contributed by atoms with E-state index < -0.39 is 11.9 Å². The topological polar surface area (TPSA) is 84.9 Å². The monoisotopic (exact) mass is 316 g/mol. The molecule has 5 nitrogen and oxygen atoms in total. The second-order valence-electron chi connectivity index (χ2n) is 7.16. The fraction of sp³-hybridized carbons (Fsp3) is 0.556. The van der Waals surface area contributed by atoms with E-state index >= 15 is 0 Å². The second kappa shape index (κ2) is 5.96. The molecule has 0 unspecified atom stereocenters. The van der Waals surface area contributed by atoms with Gasteiger partial charge in [0, 0.05) is 11.8 Å². The Morgan fingerprint density at radius 1 is 1.35 bits per heavy atom. The highest BCUT2D eigenvalue weighted by Crippen LogP contribution is 2.73. The SMILES string of the molecule is CON=C(C[C@@H](Cc1ccccc1)C(=O)O)C12CC(CN)(C1)C2. The molecule has 3 N–H and O–H groups in total. The fourth-order valence-corrected chi connectivity index (χ4v) is 4.36. The summed E-state index contributed by atoms with van der Waals surface area (Å²) in [7, 11) is 1.52. The van der Waals surface area contributed by atoms with Gasteiger partial charge in [-0.15, -0.1) is 0 Å². The van der Waals surface area contributed by atoms with Crippen molar-refractivity contribution in [2.24, 2.45) is 27.6 Å². The summed E-state index contributed by atoms with van der Waals surface area (Å²) >= 11 is 0. The first-order valence-corrected chi connectivity index (χ1v) is 8.10. The van der Waals surface area contributed by atoms with E-state index in [2.05, 4.69) is 5.16 Å². The summed E-state index contributed by atoms with van der Waals surface area (Å²) in [6.45, 7) is 0.710. The van der Waals surface area contributed by atoms with Crippen LogP contribution >= 0.6 is 0 Å². The van der Waals surface area contributed by atoms with Gasteiger partial charge < -0.3 is 15.7 Å². The van der Waals surface area contributed by atoms with E-state index in [9.17, 15) is 9.90 Å². The number of oxime groups is 1. The predicted octanol–water partition coefficient (Wildman–Crippen LogP) is 2.45. The maximum Gasteiger partial charge on any atom is 0.307 e. The molecule has 2 bridgehead atoms. The molecule has 124 valence electrons. The molecule has 23 heavy (non-hydrogen) atoms. The molecule has 3 aliphatic carbocycles. The maximum absolute atomic E-state index is 11.7. The van der Waals surface area contributed by atoms with Crippen molar-refractivity contribution in [1.29, 1.82) is 0 Å². The molecule has 1 atom stereocenters. The van der Waals surface area contributed by atoms with Crippen molar-refractivity contribution in [3.63, 3.8) is 0 Å². The summed E-state index contributed by atoms with van der Waals surface area (Å²) in [6, 6.07) is 9.74. The first-order chi connectivity index (χ1) is 11.0. The van der Waals surface area contributed by atoms with Gasteiger partial charge in [-0.3, -0.25) is 4.79 Å². The number of carbonyl (C=O) groups is 1. The minimum atomic E-state index is -0.780. The van der Waals surface area contributed by atoms with Crippen molar-refractivity contribution in [3.05, 3.63) is 35.9 Å². The van der Waals surface area contributed by atoms with Crippen molar-refractivity contribution < 1.29 is 14.7 Å². The molecular weight excluding hydrogens is 292 g/mol. The summed E-state index contributed by atoms with van der Waals surface area (Å²) < 4.78 is 0. The van der Waals surface area contributed by atoms with Gasteiger partial charge in [0.25, 0.3) is 0 Å². The Labute approximate surface area is 136 Å². The van der Waals surface area contributed by atoms with Crippen LogP contribution in [-0.4, -0.2) is 30.4 Å². The molecule has 4 rings (SSSR count). The summed E-state index contributed by atoms with van der Waals surface area (Å²) in [4.78, 5) is 16.7. The second-order valence-corrected chi connectivity index (χ2v) is 7.16. The zero-order valence-corrected chi connectivity index (χ0v) is 13.5. The lowest BCUT2D eigenvalue weighted by Crippen LogP contribution is -2.68. The number of benzene rings is 1. The van der Waals surface area contributed by atoms with Crippen molar-refractivity contribution in [3.8, 4) is 0 Å². The van der Waals surface area contributed by atoms with Gasteiger partial charge in [0.2, 0.25) is 0 Å². The largest absolute Gasteiger partial charge is 0.481 e. The molecule has 0 aliphatic heterocycles. The van der Waals surface area contributed by atoms with Crippen LogP contribution in [0.2, 0.25) is 0 Å². The molecule has 0 saturated heterocycles. The number of hydrogen-bond acceptors (Lipinski definition) is 4. The third kappa shape index (κ3) is 2.85. The van der Waals surface area contributed by atoms with Crippen LogP contribution in [-0.2, 0) is 16.1 Å². The Hall–Kier alpha value is -1.88. The Kier molecular flexibility index (Phi) is 4.15. The lowest BCUT2D eigenvalue weighted by Gasteiger charge is -2.70. The predicted molar refractivity (Wildman–Crippen MR) is 88.1 cm³/mol. The number of carboxylic acids is 1. The van der Waals surface area contributed by atoms with Gasteiger partial charge in [0.15, 0.2) is 0 Å². The molecule has 1 aromatic carbocycles. The van der Waals surface area contributed by atoms with E-state index in [4.69, 9.17) is 10.6 Å². The Bertz CT molecular complexity index is 592. The van der Waals surface area contributed by atoms with Crippen molar-refractivity contribution in [1.82, 2.24) is 0 Å². The standard InChI is InChI=1S/C18H24N2O3/c1-23-20-15(18-9-17(10-18,11-18)12-19)8-14(16(21)22)7-13-5-3-2-4-6-13/h2-6,14H,7-12,19H2,1H3,(H,21,22)/t14-,17?,18?/m1/s1. The summed E-state index contributed by atoms with van der Waals surface area (Å²) in [5.41, 5.74) is 8.09. The lowest BCUT2D eigenvalue weighted by atomic mass is 9.33. The van der Waals surface area contributed by atoms with Crippen LogP contribution < -0.4 is 5.73 Å². The van der Waals surface area contributed by atoms with E-state index in [-0.39, 0.29) is 10.8 Å². The van der Waals surface area contributed by atoms with E-state index in [1.165, 1.54) is 7.11 Å². The minimum absolute atomic E-state index is 0.0414. The van der Waals surface area contributed by atoms with Gasteiger partial charge in [-0.1, -0.05) is 35.5 Å². The lowest BCUT2D eigenvalue weighted by molar-refractivity contribution is -0.149. The number of rotatable bonds is 8. The highest BCUT2D eigenvalue weighted by molar-refractivity contribution is 5.95. The van der Waals surface area contributed by atoms with E-state index in [1.807, 2.05) is 30.3 Å². The van der Waals surface area contributed by atoms with Crippen molar-refractivity contribution in [2.45, 2.75) is 32.1 Å². The van der Waals surface area contributed by atoms with Gasteiger partial charge in [-0.05, 0) is 43.2 Å². The number of hydrogen-bond donors (Lipinski definition) is 2. The highest BCUT2D eigenvalue weighted by Gasteiger charge is 2.69. The minimum Gasteiger partial charge on any atom is -0.481 e. The van der Waals surface area contributed by atoms with Crippen LogP contribution in [0.15, 0.2) is 35.5 Å². The average Bonchev–Trinajstić information content (AvgIpc) is 2.45. The zero-order valence-electron chi connectivity index (χ0n) is 13.5. The molecule has 5 heteroatoms. The molecule has 3 fully saturated rings. The first-order valence-electron chi connectivity index (χ1n) is 8.10. The normalized spacial score (nSPS) is 30.1. The molecule has 3 saturated carbocycles. The molecule has 0 heterocycles. The van der Waals surface area contributed by atoms with E-state index in [1.54, 1.807) is 0 Å². The van der Waals surface area contributed by atoms with Crippen molar-refractivity contribution in [2.75, 3.05) is 13.7 Å². The Morgan fingerprint density at radius 3 is 2.52 bits per heavy atom. The van der Waals surface area contributed by atoms with Crippen LogP contribution in [0.4, 0.5) is 0 Å². The van der Waals surface area contributed by atoms with Crippen molar-refractivity contribution >= 4 is 11.7 Å². The number of aliphatic carboxylic acids is 1. The fourth-order valence-electron chi connectivity index (χ4n) is 4.36. The van der Waals surface area contributed by atoms with Crippen LogP contribution in [0.5, 0.6) is 0 Å². The molecule has 0 radical (unpaired) electrons. The summed E-state index contributed by atoms with van der Waals surface area (Å²) in [5.74, 6) is -1.26. The van der Waals surface area contributed by atoms with Gasteiger partial charge in [0.05, 0.1) is 11.6 Å². The molecule has 3 aliphatic rings.